The van der Waals surface area contributed by atoms with E-state index in [2.05, 4.69) is 5.32 Å². The van der Waals surface area contributed by atoms with Crippen molar-refractivity contribution in [2.24, 2.45) is 5.92 Å². The van der Waals surface area contributed by atoms with E-state index < -0.39 is 19.9 Å². The van der Waals surface area contributed by atoms with Gasteiger partial charge in [-0.25, -0.2) is 21.1 Å². The summed E-state index contributed by atoms with van der Waals surface area (Å²) in [5.41, 5.74) is 0.911. The monoisotopic (exact) mass is 402 g/mol. The van der Waals surface area contributed by atoms with Crippen molar-refractivity contribution < 1.29 is 21.6 Å². The minimum atomic E-state index is -3.21. The van der Waals surface area contributed by atoms with Crippen molar-refractivity contribution in [3.63, 3.8) is 0 Å². The molecular formula is C17H26N2O5S2. The topological polar surface area (TPSA) is 101 Å². The van der Waals surface area contributed by atoms with Crippen LogP contribution in [0.1, 0.15) is 24.8 Å². The van der Waals surface area contributed by atoms with Crippen molar-refractivity contribution >= 4 is 25.8 Å². The van der Waals surface area contributed by atoms with Crippen LogP contribution in [0.25, 0.3) is 0 Å². The molecule has 1 N–H and O–H groups in total. The number of piperidine rings is 1. The first-order chi connectivity index (χ1) is 12.1. The Kier molecular flexibility index (Phi) is 6.81. The van der Waals surface area contributed by atoms with Crippen LogP contribution < -0.4 is 5.32 Å². The van der Waals surface area contributed by atoms with Crippen molar-refractivity contribution in [2.45, 2.75) is 30.6 Å². The second kappa shape index (κ2) is 8.49. The molecule has 146 valence electrons. The molecule has 1 aromatic carbocycles. The molecule has 0 saturated carbocycles. The van der Waals surface area contributed by atoms with Gasteiger partial charge in [0.15, 0.2) is 9.84 Å². The summed E-state index contributed by atoms with van der Waals surface area (Å²) in [6.45, 7) is 1.57. The maximum atomic E-state index is 12.0. The van der Waals surface area contributed by atoms with Gasteiger partial charge in [0.2, 0.25) is 15.9 Å². The number of aryl methyl sites for hydroxylation is 1. The average Bonchev–Trinajstić information content (AvgIpc) is 2.57. The molecule has 1 heterocycles. The Morgan fingerprint density at radius 3 is 2.15 bits per heavy atom. The van der Waals surface area contributed by atoms with Crippen LogP contribution in [-0.2, 0) is 31.1 Å². The fourth-order valence-electron chi connectivity index (χ4n) is 2.95. The highest BCUT2D eigenvalue weighted by Gasteiger charge is 2.24. The second-order valence-electron chi connectivity index (χ2n) is 6.83. The Hall–Kier alpha value is -1.45. The van der Waals surface area contributed by atoms with Crippen molar-refractivity contribution in [2.75, 3.05) is 32.1 Å². The standard InChI is InChI=1S/C17H26N2O5S2/c1-25(21,22)16-6-3-14(4-7-16)5-8-17(20)18-13-15-9-11-19(12-10-15)26(2,23)24/h3-4,6-7,15H,5,8-13H2,1-2H3,(H,18,20). The van der Waals surface area contributed by atoms with Crippen LogP contribution in [-0.4, -0.2) is 59.2 Å². The highest BCUT2D eigenvalue weighted by molar-refractivity contribution is 7.90. The Labute approximate surface area is 155 Å². The summed E-state index contributed by atoms with van der Waals surface area (Å²) in [4.78, 5) is 12.3. The van der Waals surface area contributed by atoms with Gasteiger partial charge in [-0.15, -0.1) is 0 Å². The van der Waals surface area contributed by atoms with Crippen LogP contribution >= 0.6 is 0 Å². The Morgan fingerprint density at radius 1 is 1.08 bits per heavy atom. The van der Waals surface area contributed by atoms with Crippen molar-refractivity contribution in [1.29, 1.82) is 0 Å². The molecular weight excluding hydrogens is 376 g/mol. The third-order valence-electron chi connectivity index (χ3n) is 4.62. The third kappa shape index (κ3) is 6.37. The zero-order valence-electron chi connectivity index (χ0n) is 15.1. The molecule has 1 aliphatic rings. The summed E-state index contributed by atoms with van der Waals surface area (Å²) in [6.07, 6.45) is 4.76. The molecule has 2 rings (SSSR count). The molecule has 1 saturated heterocycles. The van der Waals surface area contributed by atoms with E-state index in [4.69, 9.17) is 0 Å². The van der Waals surface area contributed by atoms with Gasteiger partial charge >= 0.3 is 0 Å². The van der Waals surface area contributed by atoms with Gasteiger partial charge in [0.25, 0.3) is 0 Å². The summed E-state index contributed by atoms with van der Waals surface area (Å²) in [5.74, 6) is 0.244. The number of nitrogens with zero attached hydrogens (tertiary/aromatic N) is 1. The van der Waals surface area contributed by atoms with E-state index in [1.165, 1.54) is 10.6 Å². The number of nitrogens with one attached hydrogen (secondary N) is 1. The zero-order chi connectivity index (χ0) is 19.4. The minimum Gasteiger partial charge on any atom is -0.356 e. The fraction of sp³-hybridized carbons (Fsp3) is 0.588. The van der Waals surface area contributed by atoms with Gasteiger partial charge in [0.1, 0.15) is 0 Å². The molecule has 26 heavy (non-hydrogen) atoms. The number of hydrogen-bond acceptors (Lipinski definition) is 5. The predicted molar refractivity (Wildman–Crippen MR) is 100 cm³/mol. The molecule has 9 heteroatoms. The van der Waals surface area contributed by atoms with Crippen LogP contribution in [0.2, 0.25) is 0 Å². The van der Waals surface area contributed by atoms with Gasteiger partial charge < -0.3 is 5.32 Å². The van der Waals surface area contributed by atoms with Crippen LogP contribution in [0.3, 0.4) is 0 Å². The van der Waals surface area contributed by atoms with Gasteiger partial charge in [-0.05, 0) is 42.9 Å². The van der Waals surface area contributed by atoms with E-state index >= 15 is 0 Å². The molecule has 7 nitrogen and oxygen atoms in total. The number of benzene rings is 1. The van der Waals surface area contributed by atoms with Crippen LogP contribution in [0, 0.1) is 5.92 Å². The molecule has 0 atom stereocenters. The lowest BCUT2D eigenvalue weighted by Crippen LogP contribution is -2.41. The average molecular weight is 403 g/mol. The minimum absolute atomic E-state index is 0.0530. The molecule has 1 aliphatic heterocycles. The number of amides is 1. The van der Waals surface area contributed by atoms with Crippen molar-refractivity contribution in [3.8, 4) is 0 Å². The lowest BCUT2D eigenvalue weighted by molar-refractivity contribution is -0.121. The molecule has 0 aromatic heterocycles. The van der Waals surface area contributed by atoms with Crippen molar-refractivity contribution in [1.82, 2.24) is 9.62 Å². The number of rotatable bonds is 7. The van der Waals surface area contributed by atoms with Gasteiger partial charge in [0, 0.05) is 32.3 Å². The zero-order valence-corrected chi connectivity index (χ0v) is 16.8. The highest BCUT2D eigenvalue weighted by Crippen LogP contribution is 2.18. The van der Waals surface area contributed by atoms with E-state index in [9.17, 15) is 21.6 Å². The Bertz CT molecular complexity index is 824. The van der Waals surface area contributed by atoms with E-state index in [1.54, 1.807) is 24.3 Å². The van der Waals surface area contributed by atoms with Crippen LogP contribution in [0.4, 0.5) is 0 Å². The molecule has 0 radical (unpaired) electrons. The van der Waals surface area contributed by atoms with Gasteiger partial charge in [-0.1, -0.05) is 12.1 Å². The number of sulfone groups is 1. The fourth-order valence-corrected chi connectivity index (χ4v) is 4.46. The quantitative estimate of drug-likeness (QED) is 0.727. The Balaban J connectivity index is 1.71. The molecule has 0 bridgehead atoms. The first-order valence-corrected chi connectivity index (χ1v) is 12.3. The first kappa shape index (κ1) is 20.9. The number of carbonyl (C=O) groups excluding carboxylic acids is 1. The van der Waals surface area contributed by atoms with Gasteiger partial charge in [-0.3, -0.25) is 4.79 Å². The number of carbonyl (C=O) groups is 1. The summed E-state index contributed by atoms with van der Waals surface area (Å²) < 4.78 is 47.3. The highest BCUT2D eigenvalue weighted by atomic mass is 32.2. The molecule has 1 fully saturated rings. The second-order valence-corrected chi connectivity index (χ2v) is 10.8. The normalized spacial score (nSPS) is 17.2. The van der Waals surface area contributed by atoms with Crippen LogP contribution in [0.5, 0.6) is 0 Å². The summed E-state index contributed by atoms with van der Waals surface area (Å²) in [5, 5.41) is 2.91. The largest absolute Gasteiger partial charge is 0.356 e. The SMILES string of the molecule is CS(=O)(=O)c1ccc(CCC(=O)NCC2CCN(S(C)(=O)=O)CC2)cc1. The molecule has 0 aliphatic carbocycles. The lowest BCUT2D eigenvalue weighted by Gasteiger charge is -2.30. The number of sulfonamides is 1. The third-order valence-corrected chi connectivity index (χ3v) is 7.05. The summed E-state index contributed by atoms with van der Waals surface area (Å²) in [7, 11) is -6.33. The van der Waals surface area contributed by atoms with Gasteiger partial charge in [0.05, 0.1) is 11.2 Å². The maximum absolute atomic E-state index is 12.0. The van der Waals surface area contributed by atoms with Crippen molar-refractivity contribution in [3.05, 3.63) is 29.8 Å². The summed E-state index contributed by atoms with van der Waals surface area (Å²) >= 11 is 0. The molecule has 0 unspecified atom stereocenters. The molecule has 1 amide bonds. The predicted octanol–water partition coefficient (Wildman–Crippen LogP) is 0.811. The summed E-state index contributed by atoms with van der Waals surface area (Å²) in [6, 6.07) is 6.56. The maximum Gasteiger partial charge on any atom is 0.220 e. The van der Waals surface area contributed by atoms with Gasteiger partial charge in [-0.2, -0.15) is 0 Å². The van der Waals surface area contributed by atoms with E-state index in [0.717, 1.165) is 24.7 Å². The molecule has 0 spiro atoms. The Morgan fingerprint density at radius 2 is 1.65 bits per heavy atom. The van der Waals surface area contributed by atoms with Crippen LogP contribution in [0.15, 0.2) is 29.2 Å². The smallest absolute Gasteiger partial charge is 0.220 e. The van der Waals surface area contributed by atoms with E-state index in [1.807, 2.05) is 0 Å². The number of hydrogen-bond donors (Lipinski definition) is 1. The van der Waals surface area contributed by atoms with E-state index in [-0.39, 0.29) is 10.8 Å². The first-order valence-electron chi connectivity index (χ1n) is 8.56. The van der Waals surface area contributed by atoms with E-state index in [0.29, 0.717) is 38.4 Å². The lowest BCUT2D eigenvalue weighted by atomic mass is 9.98. The molecule has 1 aromatic rings.